The van der Waals surface area contributed by atoms with E-state index in [9.17, 15) is 0 Å². The van der Waals surface area contributed by atoms with Crippen LogP contribution in [0.5, 0.6) is 0 Å². The fourth-order valence-electron chi connectivity index (χ4n) is 1.88. The second-order valence-corrected chi connectivity index (χ2v) is 3.58. The lowest BCUT2D eigenvalue weighted by Crippen LogP contribution is -2.57. The maximum atomic E-state index is 9.12. The average Bonchev–Trinajstić information content (AvgIpc) is 2.09. The van der Waals surface area contributed by atoms with Gasteiger partial charge in [0.05, 0.1) is 6.61 Å². The zero-order valence-electron chi connectivity index (χ0n) is 8.08. The predicted octanol–water partition coefficient (Wildman–Crippen LogP) is 0.0510. The van der Waals surface area contributed by atoms with Crippen molar-refractivity contribution < 1.29 is 5.11 Å². The van der Waals surface area contributed by atoms with E-state index in [1.165, 1.54) is 6.42 Å². The molecule has 12 heavy (non-hydrogen) atoms. The summed E-state index contributed by atoms with van der Waals surface area (Å²) < 4.78 is 0. The molecule has 0 aromatic rings. The SMILES string of the molecule is CCCN1C(C)CNCC1CO. The molecule has 0 amide bonds. The summed E-state index contributed by atoms with van der Waals surface area (Å²) in [5.41, 5.74) is 0. The van der Waals surface area contributed by atoms with Gasteiger partial charge >= 0.3 is 0 Å². The van der Waals surface area contributed by atoms with E-state index in [1.807, 2.05) is 0 Å². The lowest BCUT2D eigenvalue weighted by atomic mass is 10.1. The Kier molecular flexibility index (Phi) is 3.98. The van der Waals surface area contributed by atoms with Gasteiger partial charge in [-0.2, -0.15) is 0 Å². The van der Waals surface area contributed by atoms with Crippen molar-refractivity contribution in [3.63, 3.8) is 0 Å². The molecule has 2 N–H and O–H groups in total. The van der Waals surface area contributed by atoms with Gasteiger partial charge in [-0.15, -0.1) is 0 Å². The summed E-state index contributed by atoms with van der Waals surface area (Å²) in [5, 5.41) is 12.4. The quantitative estimate of drug-likeness (QED) is 0.631. The van der Waals surface area contributed by atoms with Crippen LogP contribution in [-0.4, -0.2) is 48.3 Å². The monoisotopic (exact) mass is 172 g/mol. The summed E-state index contributed by atoms with van der Waals surface area (Å²) in [6, 6.07) is 0.893. The average molecular weight is 172 g/mol. The molecule has 0 aromatic carbocycles. The second-order valence-electron chi connectivity index (χ2n) is 3.58. The fourth-order valence-corrected chi connectivity index (χ4v) is 1.88. The molecular formula is C9H20N2O. The minimum atomic E-state index is 0.275. The maximum Gasteiger partial charge on any atom is 0.0599 e. The number of nitrogens with zero attached hydrogens (tertiary/aromatic N) is 1. The van der Waals surface area contributed by atoms with Crippen molar-refractivity contribution >= 4 is 0 Å². The van der Waals surface area contributed by atoms with Crippen LogP contribution >= 0.6 is 0 Å². The Morgan fingerprint density at radius 2 is 2.25 bits per heavy atom. The molecule has 0 spiro atoms. The molecule has 1 aliphatic rings. The molecule has 2 unspecified atom stereocenters. The van der Waals surface area contributed by atoms with Crippen LogP contribution in [0.1, 0.15) is 20.3 Å². The maximum absolute atomic E-state index is 9.12. The summed E-state index contributed by atoms with van der Waals surface area (Å²) in [6.07, 6.45) is 1.17. The van der Waals surface area contributed by atoms with Gasteiger partial charge in [0.25, 0.3) is 0 Å². The normalized spacial score (nSPS) is 32.2. The number of hydrogen-bond acceptors (Lipinski definition) is 3. The van der Waals surface area contributed by atoms with Crippen molar-refractivity contribution in [2.45, 2.75) is 32.4 Å². The largest absolute Gasteiger partial charge is 0.395 e. The molecule has 1 rings (SSSR count). The third-order valence-electron chi connectivity index (χ3n) is 2.55. The minimum absolute atomic E-state index is 0.275. The minimum Gasteiger partial charge on any atom is -0.395 e. The molecule has 3 nitrogen and oxygen atoms in total. The fraction of sp³-hybridized carbons (Fsp3) is 1.00. The van der Waals surface area contributed by atoms with Gasteiger partial charge in [0.1, 0.15) is 0 Å². The molecule has 0 aromatic heterocycles. The summed E-state index contributed by atoms with van der Waals surface area (Å²) in [6.45, 7) is 7.76. The van der Waals surface area contributed by atoms with Crippen LogP contribution in [0.3, 0.4) is 0 Å². The summed E-state index contributed by atoms with van der Waals surface area (Å²) in [7, 11) is 0. The van der Waals surface area contributed by atoms with Crippen LogP contribution in [0.2, 0.25) is 0 Å². The topological polar surface area (TPSA) is 35.5 Å². The van der Waals surface area contributed by atoms with Crippen LogP contribution in [0.15, 0.2) is 0 Å². The van der Waals surface area contributed by atoms with E-state index in [4.69, 9.17) is 5.11 Å². The van der Waals surface area contributed by atoms with Gasteiger partial charge in [-0.25, -0.2) is 0 Å². The van der Waals surface area contributed by atoms with E-state index in [1.54, 1.807) is 0 Å². The summed E-state index contributed by atoms with van der Waals surface area (Å²) in [4.78, 5) is 2.40. The number of piperazine rings is 1. The summed E-state index contributed by atoms with van der Waals surface area (Å²) >= 11 is 0. The van der Waals surface area contributed by atoms with Gasteiger partial charge in [0, 0.05) is 25.2 Å². The molecule has 1 saturated heterocycles. The van der Waals surface area contributed by atoms with E-state index in [0.717, 1.165) is 19.6 Å². The van der Waals surface area contributed by atoms with Gasteiger partial charge in [-0.3, -0.25) is 4.90 Å². The van der Waals surface area contributed by atoms with E-state index in [-0.39, 0.29) is 6.61 Å². The Morgan fingerprint density at radius 1 is 1.50 bits per heavy atom. The molecule has 1 heterocycles. The van der Waals surface area contributed by atoms with Crippen molar-refractivity contribution in [1.82, 2.24) is 10.2 Å². The smallest absolute Gasteiger partial charge is 0.0599 e. The molecule has 0 saturated carbocycles. The van der Waals surface area contributed by atoms with Gasteiger partial charge < -0.3 is 10.4 Å². The Morgan fingerprint density at radius 3 is 2.83 bits per heavy atom. The van der Waals surface area contributed by atoms with Crippen LogP contribution in [0, 0.1) is 0 Å². The molecule has 0 aliphatic carbocycles. The Hall–Kier alpha value is -0.120. The van der Waals surface area contributed by atoms with E-state index in [2.05, 4.69) is 24.1 Å². The van der Waals surface area contributed by atoms with E-state index in [0.29, 0.717) is 12.1 Å². The zero-order chi connectivity index (χ0) is 8.97. The van der Waals surface area contributed by atoms with Gasteiger partial charge in [0.15, 0.2) is 0 Å². The van der Waals surface area contributed by atoms with Gasteiger partial charge in [0.2, 0.25) is 0 Å². The standard InChI is InChI=1S/C9H20N2O/c1-3-4-11-8(2)5-10-6-9(11)7-12/h8-10,12H,3-7H2,1-2H3. The van der Waals surface area contributed by atoms with E-state index >= 15 is 0 Å². The first-order chi connectivity index (χ1) is 5.79. The molecular weight excluding hydrogens is 152 g/mol. The lowest BCUT2D eigenvalue weighted by Gasteiger charge is -2.40. The van der Waals surface area contributed by atoms with Crippen LogP contribution in [-0.2, 0) is 0 Å². The number of rotatable bonds is 3. The number of aliphatic hydroxyl groups excluding tert-OH is 1. The summed E-state index contributed by atoms with van der Waals surface area (Å²) in [5.74, 6) is 0. The number of nitrogens with one attached hydrogen (secondary N) is 1. The molecule has 0 bridgehead atoms. The first-order valence-electron chi connectivity index (χ1n) is 4.87. The van der Waals surface area contributed by atoms with Crippen molar-refractivity contribution in [2.24, 2.45) is 0 Å². The van der Waals surface area contributed by atoms with Crippen molar-refractivity contribution in [1.29, 1.82) is 0 Å². The third-order valence-corrected chi connectivity index (χ3v) is 2.55. The molecule has 2 atom stereocenters. The lowest BCUT2D eigenvalue weighted by molar-refractivity contribution is 0.0633. The van der Waals surface area contributed by atoms with Crippen molar-refractivity contribution in [2.75, 3.05) is 26.2 Å². The second kappa shape index (κ2) is 4.80. The highest BCUT2D eigenvalue weighted by atomic mass is 16.3. The predicted molar refractivity (Wildman–Crippen MR) is 50.2 cm³/mol. The highest BCUT2D eigenvalue weighted by Crippen LogP contribution is 2.09. The number of aliphatic hydroxyl groups is 1. The first-order valence-corrected chi connectivity index (χ1v) is 4.87. The zero-order valence-corrected chi connectivity index (χ0v) is 8.08. The van der Waals surface area contributed by atoms with Gasteiger partial charge in [-0.05, 0) is 19.9 Å². The molecule has 0 radical (unpaired) electrons. The third kappa shape index (κ3) is 2.19. The van der Waals surface area contributed by atoms with Crippen molar-refractivity contribution in [3.8, 4) is 0 Å². The Bertz CT molecular complexity index is 130. The van der Waals surface area contributed by atoms with E-state index < -0.39 is 0 Å². The van der Waals surface area contributed by atoms with Gasteiger partial charge in [-0.1, -0.05) is 6.92 Å². The molecule has 1 fully saturated rings. The molecule has 1 aliphatic heterocycles. The number of hydrogen-bond donors (Lipinski definition) is 2. The first kappa shape index (κ1) is 9.96. The van der Waals surface area contributed by atoms with Crippen LogP contribution in [0.25, 0.3) is 0 Å². The molecule has 72 valence electrons. The van der Waals surface area contributed by atoms with Crippen molar-refractivity contribution in [3.05, 3.63) is 0 Å². The highest BCUT2D eigenvalue weighted by molar-refractivity contribution is 4.84. The highest BCUT2D eigenvalue weighted by Gasteiger charge is 2.25. The van der Waals surface area contributed by atoms with Crippen LogP contribution < -0.4 is 5.32 Å². The molecule has 3 heteroatoms. The van der Waals surface area contributed by atoms with Crippen LogP contribution in [0.4, 0.5) is 0 Å². The Labute approximate surface area is 74.8 Å². The Balaban J connectivity index is 2.47.